The molecule has 8 aliphatic carbocycles. The minimum absolute atomic E-state index is 0.00808. The molecule has 0 radical (unpaired) electrons. The second-order valence-corrected chi connectivity index (χ2v) is 32.1. The van der Waals surface area contributed by atoms with E-state index in [1.807, 2.05) is 43.3 Å². The number of benzene rings is 2. The summed E-state index contributed by atoms with van der Waals surface area (Å²) in [7, 11) is 1.47. The molecule has 16 nitrogen and oxygen atoms in total. The number of hydrogen-bond donors (Lipinski definition) is 8. The number of amides is 3. The van der Waals surface area contributed by atoms with Gasteiger partial charge in [-0.2, -0.15) is 0 Å². The van der Waals surface area contributed by atoms with E-state index >= 15 is 0 Å². The highest BCUT2D eigenvalue weighted by molar-refractivity contribution is 7.89. The Morgan fingerprint density at radius 3 is 1.60 bits per heavy atom. The largest absolute Gasteiger partial charge is 0.469 e. The minimum Gasteiger partial charge on any atom is -0.469 e. The Morgan fingerprint density at radius 1 is 0.605 bits per heavy atom. The predicted molar refractivity (Wildman–Crippen MR) is 334 cm³/mol. The summed E-state index contributed by atoms with van der Waals surface area (Å²) in [6, 6.07) is 10.9. The molecule has 0 aliphatic heterocycles. The first-order chi connectivity index (χ1) is 40.8. The summed E-state index contributed by atoms with van der Waals surface area (Å²) in [6.07, 6.45) is 13.4. The SMILES string of the molecule is COC(=O)CC[C@@H](C)[C@H]1CC[C@H]2[C@@H]3[C@H](O)C[C@@H]4C[C@H](NC(=O)CCCNC(=O)CC[C@@H](C)[C@H]5CC[C@H]6[C@@H]7[C@H](O)C[C@@H]8C[C@H](NC(=O)CCCNS(=O)(=O)c9cccc%10c(N(C)C)cccc9%10)CC[C@]8(C)[C@H]7C[C@H](O)[C@]56C)CC[C@]4(C)[C@H]3C[C@H](O)[C@]12C. The van der Waals surface area contributed by atoms with Gasteiger partial charge in [0, 0.05) is 81.4 Å². The molecule has 8 saturated carbocycles. The van der Waals surface area contributed by atoms with E-state index in [1.54, 1.807) is 12.1 Å². The first-order valence-corrected chi connectivity index (χ1v) is 35.1. The number of carbonyl (C=O) groups is 4. The molecule has 480 valence electrons. The maximum Gasteiger partial charge on any atom is 0.305 e. The van der Waals surface area contributed by atoms with Crippen LogP contribution >= 0.6 is 0 Å². The van der Waals surface area contributed by atoms with Crippen LogP contribution in [-0.4, -0.2) is 123 Å². The van der Waals surface area contributed by atoms with Crippen LogP contribution in [0.5, 0.6) is 0 Å². The third-order valence-electron chi connectivity index (χ3n) is 26.1. The zero-order valence-electron chi connectivity index (χ0n) is 53.3. The molecular weight excluding hydrogens is 1110 g/mol. The molecule has 0 bridgehead atoms. The second-order valence-electron chi connectivity index (χ2n) is 30.4. The van der Waals surface area contributed by atoms with Crippen LogP contribution in [0, 0.1) is 92.7 Å². The average Bonchev–Trinajstić information content (AvgIpc) is 1.54. The van der Waals surface area contributed by atoms with Gasteiger partial charge in [0.25, 0.3) is 0 Å². The number of ether oxygens (including phenoxy) is 1. The van der Waals surface area contributed by atoms with Crippen LogP contribution < -0.4 is 25.6 Å². The van der Waals surface area contributed by atoms with Gasteiger partial charge in [-0.3, -0.25) is 19.2 Å². The Kier molecular flexibility index (Phi) is 19.5. The number of nitrogens with one attached hydrogen (secondary N) is 4. The molecule has 86 heavy (non-hydrogen) atoms. The van der Waals surface area contributed by atoms with E-state index in [1.165, 1.54) is 7.11 Å². The molecule has 0 heterocycles. The normalized spacial score (nSPS) is 39.7. The van der Waals surface area contributed by atoms with Crippen LogP contribution in [0.4, 0.5) is 5.69 Å². The molecule has 8 N–H and O–H groups in total. The molecule has 17 heteroatoms. The van der Waals surface area contributed by atoms with Gasteiger partial charge in [0.05, 0.1) is 36.4 Å². The first-order valence-electron chi connectivity index (χ1n) is 33.6. The lowest BCUT2D eigenvalue weighted by molar-refractivity contribution is -0.202. The van der Waals surface area contributed by atoms with Crippen molar-refractivity contribution in [3.8, 4) is 0 Å². The summed E-state index contributed by atoms with van der Waals surface area (Å²) in [5.74, 6) is 2.11. The lowest BCUT2D eigenvalue weighted by atomic mass is 9.43. The van der Waals surface area contributed by atoms with E-state index in [-0.39, 0.29) is 146 Å². The van der Waals surface area contributed by atoms with Gasteiger partial charge >= 0.3 is 5.97 Å². The molecule has 3 amide bonds. The Labute approximate surface area is 513 Å². The number of methoxy groups -OCH3 is 1. The molecule has 0 spiro atoms. The number of aliphatic hydroxyl groups is 4. The minimum atomic E-state index is -3.82. The van der Waals surface area contributed by atoms with Crippen molar-refractivity contribution in [2.75, 3.05) is 39.2 Å². The fraction of sp³-hybridized carbons (Fsp3) is 0.797. The van der Waals surface area contributed by atoms with E-state index < -0.39 is 34.4 Å². The Hall–Kier alpha value is -3.87. The van der Waals surface area contributed by atoms with E-state index in [2.05, 4.69) is 62.2 Å². The lowest BCUT2D eigenvalue weighted by Gasteiger charge is -2.63. The number of nitrogens with zero attached hydrogens (tertiary/aromatic N) is 1. The molecule has 2 aromatic carbocycles. The number of sulfonamides is 1. The van der Waals surface area contributed by atoms with Gasteiger partial charge in [-0.1, -0.05) is 65.8 Å². The van der Waals surface area contributed by atoms with Crippen molar-refractivity contribution in [3.63, 3.8) is 0 Å². The van der Waals surface area contributed by atoms with Gasteiger partial charge in [-0.25, -0.2) is 13.1 Å². The quantitative estimate of drug-likeness (QED) is 0.0431. The lowest BCUT2D eigenvalue weighted by Crippen LogP contribution is -2.63. The van der Waals surface area contributed by atoms with Gasteiger partial charge < -0.3 is 46.0 Å². The van der Waals surface area contributed by atoms with E-state index in [4.69, 9.17) is 4.74 Å². The summed E-state index contributed by atoms with van der Waals surface area (Å²) in [6.45, 7) is 14.2. The van der Waals surface area contributed by atoms with Crippen molar-refractivity contribution in [1.82, 2.24) is 20.7 Å². The van der Waals surface area contributed by atoms with E-state index in [0.717, 1.165) is 81.7 Å². The van der Waals surface area contributed by atoms with Gasteiger partial charge in [0.2, 0.25) is 27.7 Å². The molecule has 8 fully saturated rings. The Balaban J connectivity index is 0.634. The molecule has 2 aromatic rings. The van der Waals surface area contributed by atoms with Crippen molar-refractivity contribution < 1.29 is 52.8 Å². The number of rotatable bonds is 21. The van der Waals surface area contributed by atoms with Gasteiger partial charge in [0.1, 0.15) is 0 Å². The molecule has 0 saturated heterocycles. The van der Waals surface area contributed by atoms with Gasteiger partial charge in [0.15, 0.2) is 0 Å². The number of aliphatic hydroxyl groups excluding tert-OH is 4. The van der Waals surface area contributed by atoms with Crippen LogP contribution in [0.2, 0.25) is 0 Å². The van der Waals surface area contributed by atoms with Crippen molar-refractivity contribution in [1.29, 1.82) is 0 Å². The highest BCUT2D eigenvalue weighted by Crippen LogP contribution is 2.70. The fourth-order valence-corrected chi connectivity index (χ4v) is 22.7. The molecule has 10 rings (SSSR count). The molecule has 0 unspecified atom stereocenters. The van der Waals surface area contributed by atoms with Crippen LogP contribution in [0.25, 0.3) is 10.8 Å². The van der Waals surface area contributed by atoms with Crippen LogP contribution in [0.1, 0.15) is 183 Å². The third kappa shape index (κ3) is 12.2. The number of esters is 1. The van der Waals surface area contributed by atoms with Crippen molar-refractivity contribution in [2.45, 2.75) is 224 Å². The molecular formula is C69H107N5O11S. The van der Waals surface area contributed by atoms with E-state index in [9.17, 15) is 48.0 Å². The third-order valence-corrected chi connectivity index (χ3v) is 27.6. The summed E-state index contributed by atoms with van der Waals surface area (Å²) in [5, 5.41) is 59.6. The summed E-state index contributed by atoms with van der Waals surface area (Å²) in [4.78, 5) is 54.2. The first kappa shape index (κ1) is 65.1. The zero-order valence-corrected chi connectivity index (χ0v) is 54.1. The van der Waals surface area contributed by atoms with Crippen molar-refractivity contribution in [3.05, 3.63) is 36.4 Å². The standard InChI is InChI=1S/C69H107N5O11S/c1-40(20-26-60(79)70-32-12-18-61(80)72-44-28-30-66(3)42(34-44)36-56(76)65-51-25-23-49(41(2)21-27-63(82)85-9)69(51,6)59(78)39-53(65)66)48-22-24-50-64-52(38-58(77)68(48,50)5)67(4)31-29-45(35-43(67)37-55(64)75)73-62(81)19-13-33-71-86(83,84)57-17-11-14-46-47(57)15-10-16-54(46)74(7)8/h10-11,14-17,40-45,48-53,55-56,58-59,64-65,71,75-78H,12-13,18-39H2,1-9H3,(H,70,79)(H,72,80)(H,73,81)/t40-,41-,42+,43+,44-,45-,48-,49-,50+,51+,52+,53+,55-,56-,58+,59+,64+,65+,66+,67+,68-,69-/m1/s1. The highest BCUT2D eigenvalue weighted by Gasteiger charge is 2.68. The maximum atomic E-state index is 13.5. The topological polar surface area (TPSA) is 244 Å². The summed E-state index contributed by atoms with van der Waals surface area (Å²) >= 11 is 0. The van der Waals surface area contributed by atoms with Crippen LogP contribution in [-0.2, 0) is 33.9 Å². The maximum absolute atomic E-state index is 13.5. The number of carbonyl (C=O) groups excluding carboxylic acids is 4. The van der Waals surface area contributed by atoms with Crippen LogP contribution in [0.15, 0.2) is 41.3 Å². The van der Waals surface area contributed by atoms with Crippen LogP contribution in [0.3, 0.4) is 0 Å². The number of fused-ring (bicyclic) bond motifs is 11. The highest BCUT2D eigenvalue weighted by atomic mass is 32.2. The monoisotopic (exact) mass is 1210 g/mol. The molecule has 0 aromatic heterocycles. The van der Waals surface area contributed by atoms with Crippen molar-refractivity contribution in [2.24, 2.45) is 92.7 Å². The second kappa shape index (κ2) is 25.8. The number of anilines is 1. The van der Waals surface area contributed by atoms with Gasteiger partial charge in [-0.05, 0) is 220 Å². The average molecular weight is 1210 g/mol. The van der Waals surface area contributed by atoms with E-state index in [0.29, 0.717) is 76.1 Å². The Morgan fingerprint density at radius 2 is 1.09 bits per heavy atom. The smallest absolute Gasteiger partial charge is 0.305 e. The summed E-state index contributed by atoms with van der Waals surface area (Å²) < 4.78 is 34.6. The molecule has 22 atom stereocenters. The predicted octanol–water partition coefficient (Wildman–Crippen LogP) is 9.04. The summed E-state index contributed by atoms with van der Waals surface area (Å²) in [5.41, 5.74) is 0.160. The number of hydrogen-bond acceptors (Lipinski definition) is 12. The Bertz CT molecular complexity index is 2890. The van der Waals surface area contributed by atoms with Crippen molar-refractivity contribution >= 4 is 50.2 Å². The zero-order chi connectivity index (χ0) is 61.8. The van der Waals surface area contributed by atoms with Gasteiger partial charge in [-0.15, -0.1) is 0 Å². The molecule has 8 aliphatic rings. The fourth-order valence-electron chi connectivity index (χ4n) is 21.4.